The van der Waals surface area contributed by atoms with Crippen molar-refractivity contribution in [2.45, 2.75) is 31.7 Å². The largest absolute Gasteiger partial charge is 0.317 e. The van der Waals surface area contributed by atoms with Gasteiger partial charge in [-0.05, 0) is 48.6 Å². The first kappa shape index (κ1) is 9.37. The van der Waals surface area contributed by atoms with Gasteiger partial charge in [-0.2, -0.15) is 0 Å². The van der Waals surface area contributed by atoms with Crippen LogP contribution in [0, 0.1) is 11.8 Å². The van der Waals surface area contributed by atoms with E-state index in [1.54, 1.807) is 0 Å². The van der Waals surface area contributed by atoms with Gasteiger partial charge in [0.1, 0.15) is 0 Å². The Kier molecular flexibility index (Phi) is 2.26. The molecule has 1 aromatic carbocycles. The first-order valence-electron chi connectivity index (χ1n) is 5.85. The smallest absolute Gasteiger partial charge is 0.0382 e. The molecule has 2 aliphatic carbocycles. The molecule has 0 spiro atoms. The Morgan fingerprint density at radius 1 is 1.00 bits per heavy atom. The number of rotatable bonds is 1. The molecule has 80 valence electrons. The van der Waals surface area contributed by atoms with E-state index in [9.17, 15) is 5.21 Å². The van der Waals surface area contributed by atoms with Crippen molar-refractivity contribution in [3.8, 4) is 0 Å². The van der Waals surface area contributed by atoms with Gasteiger partial charge in [-0.15, -0.1) is 0 Å². The van der Waals surface area contributed by atoms with Crippen LogP contribution in [0.1, 0.15) is 24.0 Å². The highest BCUT2D eigenvalue weighted by molar-refractivity contribution is 5.30. The van der Waals surface area contributed by atoms with Crippen molar-refractivity contribution in [3.05, 3.63) is 35.4 Å². The Bertz CT molecular complexity index is 330. The maximum Gasteiger partial charge on any atom is 0.0382 e. The zero-order valence-electron chi connectivity index (χ0n) is 8.82. The van der Waals surface area contributed by atoms with Crippen LogP contribution >= 0.6 is 0 Å². The highest BCUT2D eigenvalue weighted by Gasteiger charge is 2.38. The predicted molar refractivity (Wildman–Crippen MR) is 58.8 cm³/mol. The highest BCUT2D eigenvalue weighted by Crippen LogP contribution is 2.39. The summed E-state index contributed by atoms with van der Waals surface area (Å²) in [6.45, 7) is 0. The molecule has 2 aliphatic rings. The lowest BCUT2D eigenvalue weighted by Gasteiger charge is -2.19. The standard InChI is InChI=1S/C13H17NO/c15-14-13-11-5-6-12(13)8-10-4-2-1-3-9(10)7-11/h1-4,11-15H,5-8H2. The van der Waals surface area contributed by atoms with Crippen LogP contribution in [0.2, 0.25) is 0 Å². The van der Waals surface area contributed by atoms with Gasteiger partial charge in [0.2, 0.25) is 0 Å². The number of nitrogens with one attached hydrogen (secondary N) is 1. The fourth-order valence-electron chi connectivity index (χ4n) is 3.36. The molecular formula is C13H17NO. The summed E-state index contributed by atoms with van der Waals surface area (Å²) in [6.07, 6.45) is 4.78. The van der Waals surface area contributed by atoms with Crippen molar-refractivity contribution >= 4 is 0 Å². The van der Waals surface area contributed by atoms with Crippen molar-refractivity contribution in [3.63, 3.8) is 0 Å². The van der Waals surface area contributed by atoms with E-state index in [-0.39, 0.29) is 0 Å². The minimum Gasteiger partial charge on any atom is -0.317 e. The Hall–Kier alpha value is -0.860. The number of fused-ring (bicyclic) bond motifs is 3. The highest BCUT2D eigenvalue weighted by atomic mass is 16.5. The lowest BCUT2D eigenvalue weighted by Crippen LogP contribution is -2.35. The van der Waals surface area contributed by atoms with E-state index in [4.69, 9.17) is 0 Å². The Morgan fingerprint density at radius 2 is 1.53 bits per heavy atom. The molecule has 0 amide bonds. The van der Waals surface area contributed by atoms with Crippen LogP contribution in [0.3, 0.4) is 0 Å². The SMILES string of the molecule is ONC1C2CCC1Cc1ccccc1C2. The Balaban J connectivity index is 1.97. The molecule has 0 saturated heterocycles. The average molecular weight is 203 g/mol. The van der Waals surface area contributed by atoms with Gasteiger partial charge in [0.25, 0.3) is 0 Å². The third-order valence-corrected chi connectivity index (χ3v) is 4.16. The zero-order valence-corrected chi connectivity index (χ0v) is 8.82. The molecule has 3 rings (SSSR count). The first-order chi connectivity index (χ1) is 7.38. The van der Waals surface area contributed by atoms with E-state index in [1.807, 2.05) is 0 Å². The minimum atomic E-state index is 0.317. The van der Waals surface area contributed by atoms with Gasteiger partial charge >= 0.3 is 0 Å². The number of benzene rings is 1. The molecule has 1 aromatic rings. The van der Waals surface area contributed by atoms with Crippen molar-refractivity contribution in [1.29, 1.82) is 0 Å². The van der Waals surface area contributed by atoms with Gasteiger partial charge < -0.3 is 5.21 Å². The lowest BCUT2D eigenvalue weighted by atomic mass is 9.94. The van der Waals surface area contributed by atoms with Crippen LogP contribution in [0.25, 0.3) is 0 Å². The summed E-state index contributed by atoms with van der Waals surface area (Å²) in [7, 11) is 0. The monoisotopic (exact) mass is 203 g/mol. The van der Waals surface area contributed by atoms with Crippen molar-refractivity contribution in [2.75, 3.05) is 0 Å². The summed E-state index contributed by atoms with van der Waals surface area (Å²) in [5.74, 6) is 1.26. The maximum atomic E-state index is 9.23. The fourth-order valence-corrected chi connectivity index (χ4v) is 3.36. The third kappa shape index (κ3) is 1.48. The summed E-state index contributed by atoms with van der Waals surface area (Å²) >= 11 is 0. The van der Waals surface area contributed by atoms with Crippen LogP contribution < -0.4 is 5.48 Å². The quantitative estimate of drug-likeness (QED) is 0.685. The normalized spacial score (nSPS) is 33.5. The van der Waals surface area contributed by atoms with Crippen LogP contribution in [0.4, 0.5) is 0 Å². The van der Waals surface area contributed by atoms with Gasteiger partial charge in [-0.25, -0.2) is 5.48 Å². The minimum absolute atomic E-state index is 0.317. The van der Waals surface area contributed by atoms with Crippen molar-refractivity contribution in [1.82, 2.24) is 5.48 Å². The second kappa shape index (κ2) is 3.62. The van der Waals surface area contributed by atoms with Gasteiger partial charge in [-0.3, -0.25) is 0 Å². The van der Waals surface area contributed by atoms with E-state index in [0.29, 0.717) is 17.9 Å². The van der Waals surface area contributed by atoms with Gasteiger partial charge in [0, 0.05) is 6.04 Å². The van der Waals surface area contributed by atoms with E-state index in [0.717, 1.165) is 12.8 Å². The molecule has 2 heteroatoms. The second-order valence-corrected chi connectivity index (χ2v) is 4.93. The van der Waals surface area contributed by atoms with E-state index < -0.39 is 0 Å². The molecule has 2 N–H and O–H groups in total. The molecule has 1 fully saturated rings. The van der Waals surface area contributed by atoms with E-state index in [1.165, 1.54) is 24.0 Å². The predicted octanol–water partition coefficient (Wildman–Crippen LogP) is 2.16. The third-order valence-electron chi connectivity index (χ3n) is 4.16. The second-order valence-electron chi connectivity index (χ2n) is 4.93. The number of hydroxylamine groups is 1. The summed E-state index contributed by atoms with van der Waals surface area (Å²) < 4.78 is 0. The molecule has 0 aliphatic heterocycles. The molecule has 0 aromatic heterocycles. The Morgan fingerprint density at radius 3 is 2.00 bits per heavy atom. The molecule has 2 unspecified atom stereocenters. The molecular weight excluding hydrogens is 186 g/mol. The van der Waals surface area contributed by atoms with Crippen LogP contribution in [0.5, 0.6) is 0 Å². The molecule has 1 saturated carbocycles. The molecule has 2 nitrogen and oxygen atoms in total. The number of hydrogen-bond acceptors (Lipinski definition) is 2. The summed E-state index contributed by atoms with van der Waals surface area (Å²) in [5.41, 5.74) is 5.52. The van der Waals surface area contributed by atoms with Crippen molar-refractivity contribution in [2.24, 2.45) is 11.8 Å². The van der Waals surface area contributed by atoms with Gasteiger partial charge in [-0.1, -0.05) is 24.3 Å². The van der Waals surface area contributed by atoms with Crippen LogP contribution in [-0.4, -0.2) is 11.2 Å². The summed E-state index contributed by atoms with van der Waals surface area (Å²) in [5, 5.41) is 9.23. The first-order valence-corrected chi connectivity index (χ1v) is 5.85. The molecule has 2 atom stereocenters. The van der Waals surface area contributed by atoms with Crippen LogP contribution in [0.15, 0.2) is 24.3 Å². The fraction of sp³-hybridized carbons (Fsp3) is 0.538. The molecule has 0 heterocycles. The molecule has 15 heavy (non-hydrogen) atoms. The van der Waals surface area contributed by atoms with Crippen molar-refractivity contribution < 1.29 is 5.21 Å². The van der Waals surface area contributed by atoms with Crippen LogP contribution in [-0.2, 0) is 12.8 Å². The zero-order chi connectivity index (χ0) is 10.3. The maximum absolute atomic E-state index is 9.23. The Labute approximate surface area is 90.3 Å². The molecule has 0 radical (unpaired) electrons. The number of hydrogen-bond donors (Lipinski definition) is 2. The lowest BCUT2D eigenvalue weighted by molar-refractivity contribution is 0.0895. The topological polar surface area (TPSA) is 32.3 Å². The van der Waals surface area contributed by atoms with E-state index in [2.05, 4.69) is 29.7 Å². The van der Waals surface area contributed by atoms with Gasteiger partial charge in [0.15, 0.2) is 0 Å². The average Bonchev–Trinajstić information content (AvgIpc) is 2.54. The van der Waals surface area contributed by atoms with Gasteiger partial charge in [0.05, 0.1) is 0 Å². The summed E-state index contributed by atoms with van der Waals surface area (Å²) in [6, 6.07) is 9.05. The molecule has 2 bridgehead atoms. The summed E-state index contributed by atoms with van der Waals surface area (Å²) in [4.78, 5) is 0. The van der Waals surface area contributed by atoms with E-state index >= 15 is 0 Å².